The highest BCUT2D eigenvalue weighted by Crippen LogP contribution is 2.34. The van der Waals surface area contributed by atoms with Crippen molar-refractivity contribution in [3.05, 3.63) is 80.5 Å². The molecule has 0 saturated carbocycles. The van der Waals surface area contributed by atoms with E-state index < -0.39 is 47.4 Å². The maximum atomic E-state index is 14.1. The molecule has 2 aromatic heterocycles. The molecule has 4 aromatic rings. The molecule has 2 aliphatic heterocycles. The van der Waals surface area contributed by atoms with Crippen LogP contribution in [0, 0.1) is 23.1 Å². The second kappa shape index (κ2) is 14.5. The summed E-state index contributed by atoms with van der Waals surface area (Å²) in [7, 11) is 0. The minimum absolute atomic E-state index is 0.0362. The van der Waals surface area contributed by atoms with Crippen LogP contribution in [0.3, 0.4) is 0 Å². The summed E-state index contributed by atoms with van der Waals surface area (Å²) in [5, 5.41) is 18.3. The molecule has 2 N–H and O–H groups in total. The fraction of sp³-hybridized carbons (Fsp3) is 0.364. The lowest BCUT2D eigenvalue weighted by molar-refractivity contribution is -0.137. The molecule has 19 heteroatoms. The van der Waals surface area contributed by atoms with Gasteiger partial charge in [0.25, 0.3) is 11.5 Å². The summed E-state index contributed by atoms with van der Waals surface area (Å²) in [6.07, 6.45) is -4.38. The number of rotatable bonds is 9. The van der Waals surface area contributed by atoms with E-state index in [2.05, 4.69) is 26.8 Å². The first-order valence-electron chi connectivity index (χ1n) is 16.2. The number of benzene rings is 2. The van der Waals surface area contributed by atoms with Crippen LogP contribution in [0.2, 0.25) is 5.02 Å². The van der Waals surface area contributed by atoms with Gasteiger partial charge < -0.3 is 29.9 Å². The third-order valence-corrected chi connectivity index (χ3v) is 9.15. The van der Waals surface area contributed by atoms with Gasteiger partial charge in [0.15, 0.2) is 0 Å². The average Bonchev–Trinajstić information content (AvgIpc) is 3.54. The molecule has 272 valence electrons. The number of nitrogens with one attached hydrogen (secondary N) is 2. The summed E-state index contributed by atoms with van der Waals surface area (Å²) >= 11 is 6.08. The fourth-order valence-electron chi connectivity index (χ4n) is 6.09. The topological polar surface area (TPSA) is 161 Å². The van der Waals surface area contributed by atoms with Gasteiger partial charge in [-0.25, -0.2) is 4.39 Å². The third-order valence-electron chi connectivity index (χ3n) is 8.84. The summed E-state index contributed by atoms with van der Waals surface area (Å²) < 4.78 is 56.1. The number of nitriles is 1. The summed E-state index contributed by atoms with van der Waals surface area (Å²) in [6, 6.07) is 10.1. The Morgan fingerprint density at radius 3 is 2.40 bits per heavy atom. The zero-order valence-corrected chi connectivity index (χ0v) is 28.3. The van der Waals surface area contributed by atoms with Gasteiger partial charge in [-0.1, -0.05) is 30.7 Å². The van der Waals surface area contributed by atoms with Crippen molar-refractivity contribution in [1.29, 1.82) is 5.26 Å². The lowest BCUT2D eigenvalue weighted by Gasteiger charge is -2.36. The van der Waals surface area contributed by atoms with Crippen molar-refractivity contribution in [3.8, 4) is 6.07 Å². The molecular formula is C33H31ClF4N10O4. The Hall–Kier alpha value is -5.70. The van der Waals surface area contributed by atoms with Gasteiger partial charge in [0.1, 0.15) is 18.0 Å². The first-order chi connectivity index (χ1) is 24.8. The van der Waals surface area contributed by atoms with Gasteiger partial charge in [-0.2, -0.15) is 27.9 Å². The van der Waals surface area contributed by atoms with Crippen molar-refractivity contribution in [2.75, 3.05) is 60.9 Å². The minimum Gasteiger partial charge on any atom is -0.362 e. The SMILES string of the molecule is CCc1c(N2CCN(C(=O)CNC(=O)c3ccccc3F)CC2)c(=O)n2nc(N3CC(C#N)C3)nc2n1CC(=O)Nc1ccc(C(F)(F)F)cc1Cl. The van der Waals surface area contributed by atoms with E-state index in [4.69, 9.17) is 11.6 Å². The largest absolute Gasteiger partial charge is 0.416 e. The summed E-state index contributed by atoms with van der Waals surface area (Å²) in [5.74, 6) is -2.55. The van der Waals surface area contributed by atoms with Crippen molar-refractivity contribution >= 4 is 52.4 Å². The number of nitrogens with zero attached hydrogens (tertiary/aromatic N) is 8. The summed E-state index contributed by atoms with van der Waals surface area (Å²) in [6.45, 7) is 2.43. The molecule has 0 atom stereocenters. The van der Waals surface area contributed by atoms with Crippen molar-refractivity contribution < 1.29 is 31.9 Å². The number of carbonyl (C=O) groups is 3. The van der Waals surface area contributed by atoms with E-state index in [1.165, 1.54) is 27.7 Å². The van der Waals surface area contributed by atoms with Gasteiger partial charge in [-0.15, -0.1) is 5.10 Å². The second-order valence-electron chi connectivity index (χ2n) is 12.2. The number of carbonyl (C=O) groups excluding carboxylic acids is 3. The molecule has 2 aliphatic rings. The number of halogens is 5. The molecule has 52 heavy (non-hydrogen) atoms. The lowest BCUT2D eigenvalue weighted by Crippen LogP contribution is -2.52. The lowest BCUT2D eigenvalue weighted by atomic mass is 10.0. The number of alkyl halides is 3. The van der Waals surface area contributed by atoms with Crippen LogP contribution in [0.1, 0.15) is 28.5 Å². The third kappa shape index (κ3) is 7.21. The Kier molecular flexibility index (Phi) is 10.1. The normalized spacial score (nSPS) is 15.0. The first-order valence-corrected chi connectivity index (χ1v) is 16.6. The Balaban J connectivity index is 1.25. The minimum atomic E-state index is -4.63. The van der Waals surface area contributed by atoms with E-state index >= 15 is 0 Å². The maximum Gasteiger partial charge on any atom is 0.416 e. The molecule has 2 aromatic carbocycles. The predicted molar refractivity (Wildman–Crippen MR) is 181 cm³/mol. The number of amides is 3. The van der Waals surface area contributed by atoms with E-state index in [1.807, 2.05) is 0 Å². The van der Waals surface area contributed by atoms with E-state index in [9.17, 15) is 42.0 Å². The molecule has 3 amide bonds. The number of anilines is 3. The van der Waals surface area contributed by atoms with Crippen molar-refractivity contribution in [3.63, 3.8) is 0 Å². The van der Waals surface area contributed by atoms with Crippen molar-refractivity contribution in [2.24, 2.45) is 5.92 Å². The average molecular weight is 743 g/mol. The summed E-state index contributed by atoms with van der Waals surface area (Å²) in [4.78, 5) is 62.4. The predicted octanol–water partition coefficient (Wildman–Crippen LogP) is 2.94. The molecule has 4 heterocycles. The summed E-state index contributed by atoms with van der Waals surface area (Å²) in [5.41, 5.74) is -1.12. The highest BCUT2D eigenvalue weighted by Gasteiger charge is 2.34. The van der Waals surface area contributed by atoms with Crippen LogP contribution in [0.25, 0.3) is 5.78 Å². The molecule has 2 fully saturated rings. The van der Waals surface area contributed by atoms with E-state index in [1.54, 1.807) is 16.7 Å². The molecule has 2 saturated heterocycles. The Bertz CT molecular complexity index is 2150. The van der Waals surface area contributed by atoms with Gasteiger partial charge in [0.2, 0.25) is 23.5 Å². The van der Waals surface area contributed by atoms with Crippen LogP contribution < -0.4 is 26.0 Å². The van der Waals surface area contributed by atoms with E-state index in [0.717, 1.165) is 22.7 Å². The Morgan fingerprint density at radius 1 is 1.06 bits per heavy atom. The molecule has 0 bridgehead atoms. The van der Waals surface area contributed by atoms with Crippen LogP contribution in [0.5, 0.6) is 0 Å². The standard InChI is InChI=1S/C33H31ClF4N10O4/c1-2-25-28(45-11-9-44(10-12-45)27(50)15-40-29(51)21-5-3-4-6-23(21)35)30(52)48-32(42-31(43-48)46-16-19(14-39)17-46)47(25)18-26(49)41-24-8-7-20(13-22(24)34)33(36,37)38/h3-8,13,19H,2,9-12,15-18H2,1H3,(H,40,51)(H,41,49). The Morgan fingerprint density at radius 2 is 1.77 bits per heavy atom. The van der Waals surface area contributed by atoms with Gasteiger partial charge in [0, 0.05) is 39.3 Å². The molecule has 0 radical (unpaired) electrons. The Labute approximate surface area is 298 Å². The van der Waals surface area contributed by atoms with Crippen molar-refractivity contribution in [2.45, 2.75) is 26.1 Å². The number of aromatic nitrogens is 4. The highest BCUT2D eigenvalue weighted by atomic mass is 35.5. The van der Waals surface area contributed by atoms with E-state index in [-0.39, 0.29) is 78.7 Å². The van der Waals surface area contributed by atoms with Gasteiger partial charge in [-0.05, 0) is 36.8 Å². The quantitative estimate of drug-likeness (QED) is 0.246. The number of hydrogen-bond donors (Lipinski definition) is 2. The zero-order chi connectivity index (χ0) is 37.3. The van der Waals surface area contributed by atoms with E-state index in [0.29, 0.717) is 24.8 Å². The van der Waals surface area contributed by atoms with Crippen LogP contribution in [0.4, 0.5) is 34.9 Å². The zero-order valence-electron chi connectivity index (χ0n) is 27.6. The molecular weight excluding hydrogens is 712 g/mol. The van der Waals surface area contributed by atoms with Gasteiger partial charge in [0.05, 0.1) is 46.1 Å². The number of hydrogen-bond acceptors (Lipinski definition) is 9. The van der Waals surface area contributed by atoms with Crippen LogP contribution in [0.15, 0.2) is 47.3 Å². The fourth-order valence-corrected chi connectivity index (χ4v) is 6.32. The van der Waals surface area contributed by atoms with Crippen LogP contribution >= 0.6 is 11.6 Å². The molecule has 6 rings (SSSR count). The molecule has 14 nitrogen and oxygen atoms in total. The van der Waals surface area contributed by atoms with Crippen molar-refractivity contribution in [1.82, 2.24) is 29.4 Å². The molecule has 0 aliphatic carbocycles. The number of piperazine rings is 1. The first kappa shape index (κ1) is 36.1. The number of fused-ring (bicyclic) bond motifs is 1. The smallest absolute Gasteiger partial charge is 0.362 e. The van der Waals surface area contributed by atoms with Gasteiger partial charge >= 0.3 is 6.18 Å². The second-order valence-corrected chi connectivity index (χ2v) is 12.6. The van der Waals surface area contributed by atoms with Gasteiger partial charge in [-0.3, -0.25) is 19.2 Å². The maximum absolute atomic E-state index is 14.1. The highest BCUT2D eigenvalue weighted by molar-refractivity contribution is 6.33. The van der Waals surface area contributed by atoms with Crippen LogP contribution in [-0.2, 0) is 28.7 Å². The monoisotopic (exact) mass is 742 g/mol. The molecule has 0 unspecified atom stereocenters. The molecule has 0 spiro atoms. The van der Waals surface area contributed by atoms with Crippen LogP contribution in [-0.4, -0.2) is 87.6 Å².